The predicted octanol–water partition coefficient (Wildman–Crippen LogP) is 3.70. The Labute approximate surface area is 165 Å². The third-order valence-electron chi connectivity index (χ3n) is 3.80. The summed E-state index contributed by atoms with van der Waals surface area (Å²) in [6.45, 7) is 0.174. The van der Waals surface area contributed by atoms with E-state index in [9.17, 15) is 9.59 Å². The maximum atomic E-state index is 12.2. The van der Waals surface area contributed by atoms with E-state index in [0.717, 1.165) is 16.9 Å². The van der Waals surface area contributed by atoms with E-state index in [4.69, 9.17) is 9.47 Å². The zero-order valence-corrected chi connectivity index (χ0v) is 16.5. The predicted molar refractivity (Wildman–Crippen MR) is 105 cm³/mol. The highest BCUT2D eigenvalue weighted by Crippen LogP contribution is 2.26. The number of thiophene rings is 1. The number of methoxy groups -OCH3 is 1. The van der Waals surface area contributed by atoms with E-state index in [1.165, 1.54) is 16.2 Å². The minimum absolute atomic E-state index is 0.194. The second-order valence-electron chi connectivity index (χ2n) is 5.72. The topological polar surface area (TPSA) is 68.7 Å². The molecule has 0 radical (unpaired) electrons. The number of hydrogen-bond acceptors (Lipinski definition) is 7. The van der Waals surface area contributed by atoms with Crippen LogP contribution in [0.15, 0.2) is 46.5 Å². The molecule has 8 heteroatoms. The van der Waals surface area contributed by atoms with Crippen LogP contribution in [0.2, 0.25) is 0 Å². The average Bonchev–Trinajstić information content (AvgIpc) is 3.38. The lowest BCUT2D eigenvalue weighted by atomic mass is 10.2. The van der Waals surface area contributed by atoms with Gasteiger partial charge in [0.05, 0.1) is 7.11 Å². The Morgan fingerprint density at radius 1 is 1.15 bits per heavy atom. The maximum Gasteiger partial charge on any atom is 0.358 e. The van der Waals surface area contributed by atoms with Crippen LogP contribution in [0.5, 0.6) is 5.75 Å². The highest BCUT2D eigenvalue weighted by Gasteiger charge is 2.17. The molecule has 0 fully saturated rings. The van der Waals surface area contributed by atoms with Gasteiger partial charge in [-0.15, -0.1) is 11.3 Å². The number of esters is 1. The summed E-state index contributed by atoms with van der Waals surface area (Å²) in [6.07, 6.45) is 0. The number of hydrogen-bond donors (Lipinski definition) is 0. The molecule has 0 aliphatic heterocycles. The number of carbonyl (C=O) groups is 2. The van der Waals surface area contributed by atoms with Crippen molar-refractivity contribution in [3.63, 3.8) is 0 Å². The summed E-state index contributed by atoms with van der Waals surface area (Å²) in [5.74, 6) is -0.122. The van der Waals surface area contributed by atoms with Crippen molar-refractivity contribution in [2.75, 3.05) is 20.8 Å². The van der Waals surface area contributed by atoms with E-state index in [2.05, 4.69) is 4.98 Å². The third-order valence-corrected chi connectivity index (χ3v) is 5.43. The number of nitrogens with zero attached hydrogens (tertiary/aromatic N) is 2. The lowest BCUT2D eigenvalue weighted by Crippen LogP contribution is -2.30. The molecular formula is C19H18N2O4S2. The van der Waals surface area contributed by atoms with Gasteiger partial charge in [-0.2, -0.15) is 11.3 Å². The Hall–Kier alpha value is -2.71. The second-order valence-corrected chi connectivity index (χ2v) is 7.36. The SMILES string of the molecule is COc1ccc(-c2nc(C(=O)OCC(=O)N(C)Cc3ccsc3)cs2)cc1. The van der Waals surface area contributed by atoms with Gasteiger partial charge in [0.1, 0.15) is 10.8 Å². The van der Waals surface area contributed by atoms with Gasteiger partial charge in [-0.05, 0) is 46.7 Å². The number of thiazole rings is 1. The van der Waals surface area contributed by atoms with Gasteiger partial charge in [-0.1, -0.05) is 0 Å². The number of likely N-dealkylation sites (N-methyl/N-ethyl adjacent to an activating group) is 1. The van der Waals surface area contributed by atoms with Gasteiger partial charge < -0.3 is 14.4 Å². The molecule has 0 saturated carbocycles. The Morgan fingerprint density at radius 3 is 2.59 bits per heavy atom. The van der Waals surface area contributed by atoms with Crippen LogP contribution in [0.1, 0.15) is 16.1 Å². The normalized spacial score (nSPS) is 10.4. The molecule has 3 rings (SSSR count). The summed E-state index contributed by atoms with van der Waals surface area (Å²) >= 11 is 2.91. The molecule has 6 nitrogen and oxygen atoms in total. The number of rotatable bonds is 7. The van der Waals surface area contributed by atoms with Crippen LogP contribution in [0, 0.1) is 0 Å². The molecule has 0 saturated heterocycles. The molecule has 0 atom stereocenters. The van der Waals surface area contributed by atoms with E-state index in [1.807, 2.05) is 41.1 Å². The lowest BCUT2D eigenvalue weighted by molar-refractivity contribution is -0.133. The maximum absolute atomic E-state index is 12.2. The Morgan fingerprint density at radius 2 is 1.93 bits per heavy atom. The van der Waals surface area contributed by atoms with Crippen LogP contribution in [0.25, 0.3) is 10.6 Å². The average molecular weight is 402 g/mol. The molecule has 27 heavy (non-hydrogen) atoms. The van der Waals surface area contributed by atoms with Crippen LogP contribution in [0.3, 0.4) is 0 Å². The Bertz CT molecular complexity index is 904. The first-order valence-corrected chi connectivity index (χ1v) is 9.91. The second kappa shape index (κ2) is 8.79. The summed E-state index contributed by atoms with van der Waals surface area (Å²) in [4.78, 5) is 30.1. The summed E-state index contributed by atoms with van der Waals surface area (Å²) in [5.41, 5.74) is 2.12. The first-order chi connectivity index (χ1) is 13.1. The first-order valence-electron chi connectivity index (χ1n) is 8.09. The molecule has 2 aromatic heterocycles. The molecule has 1 amide bonds. The van der Waals surface area contributed by atoms with Crippen molar-refractivity contribution in [3.05, 3.63) is 57.7 Å². The van der Waals surface area contributed by atoms with Crippen molar-refractivity contribution >= 4 is 34.6 Å². The van der Waals surface area contributed by atoms with Crippen LogP contribution in [-0.4, -0.2) is 42.5 Å². The monoisotopic (exact) mass is 402 g/mol. The van der Waals surface area contributed by atoms with Gasteiger partial charge in [-0.25, -0.2) is 9.78 Å². The Balaban J connectivity index is 1.55. The molecule has 0 spiro atoms. The molecule has 2 heterocycles. The minimum atomic E-state index is -0.608. The zero-order valence-electron chi connectivity index (χ0n) is 14.9. The number of ether oxygens (including phenoxy) is 2. The molecule has 0 aliphatic rings. The molecule has 140 valence electrons. The molecule has 0 unspecified atom stereocenters. The molecule has 1 aromatic carbocycles. The van der Waals surface area contributed by atoms with E-state index in [1.54, 1.807) is 30.9 Å². The largest absolute Gasteiger partial charge is 0.497 e. The van der Waals surface area contributed by atoms with Crippen molar-refractivity contribution in [2.45, 2.75) is 6.54 Å². The van der Waals surface area contributed by atoms with Crippen LogP contribution < -0.4 is 4.74 Å². The Kier molecular flexibility index (Phi) is 6.20. The number of carbonyl (C=O) groups excluding carboxylic acids is 2. The fourth-order valence-electron chi connectivity index (χ4n) is 2.29. The van der Waals surface area contributed by atoms with E-state index < -0.39 is 5.97 Å². The van der Waals surface area contributed by atoms with Crippen molar-refractivity contribution in [2.24, 2.45) is 0 Å². The van der Waals surface area contributed by atoms with E-state index in [-0.39, 0.29) is 18.2 Å². The number of benzene rings is 1. The van der Waals surface area contributed by atoms with E-state index >= 15 is 0 Å². The quantitative estimate of drug-likeness (QED) is 0.564. The van der Waals surface area contributed by atoms with Gasteiger partial charge >= 0.3 is 5.97 Å². The summed E-state index contributed by atoms with van der Waals surface area (Å²) in [6, 6.07) is 9.36. The molecule has 0 aliphatic carbocycles. The number of amides is 1. The standard InChI is InChI=1S/C19H18N2O4S2/c1-21(9-13-7-8-26-11-13)17(22)10-25-19(23)16-12-27-18(20-16)14-3-5-15(24-2)6-4-14/h3-8,11-12H,9-10H2,1-2H3. The highest BCUT2D eigenvalue weighted by molar-refractivity contribution is 7.13. The zero-order chi connectivity index (χ0) is 19.2. The van der Waals surface area contributed by atoms with Gasteiger partial charge in [0.2, 0.25) is 0 Å². The van der Waals surface area contributed by atoms with Gasteiger partial charge in [-0.3, -0.25) is 4.79 Å². The van der Waals surface area contributed by atoms with Gasteiger partial charge in [0, 0.05) is 24.5 Å². The number of aromatic nitrogens is 1. The van der Waals surface area contributed by atoms with Crippen LogP contribution in [0.4, 0.5) is 0 Å². The fourth-order valence-corrected chi connectivity index (χ4v) is 3.74. The van der Waals surface area contributed by atoms with Crippen molar-refractivity contribution < 1.29 is 19.1 Å². The molecule has 0 N–H and O–H groups in total. The molecule has 3 aromatic rings. The van der Waals surface area contributed by atoms with Crippen LogP contribution in [-0.2, 0) is 16.1 Å². The fraction of sp³-hybridized carbons (Fsp3) is 0.211. The summed E-state index contributed by atoms with van der Waals surface area (Å²) < 4.78 is 10.2. The summed E-state index contributed by atoms with van der Waals surface area (Å²) in [5, 5.41) is 6.26. The van der Waals surface area contributed by atoms with Crippen LogP contribution >= 0.6 is 22.7 Å². The van der Waals surface area contributed by atoms with Gasteiger partial charge in [0.25, 0.3) is 5.91 Å². The summed E-state index contributed by atoms with van der Waals surface area (Å²) in [7, 11) is 3.28. The highest BCUT2D eigenvalue weighted by atomic mass is 32.1. The molecular weight excluding hydrogens is 384 g/mol. The first kappa shape index (κ1) is 19.1. The van der Waals surface area contributed by atoms with Crippen molar-refractivity contribution in [3.8, 4) is 16.3 Å². The third kappa shape index (κ3) is 4.93. The minimum Gasteiger partial charge on any atom is -0.497 e. The van der Waals surface area contributed by atoms with Crippen molar-refractivity contribution in [1.29, 1.82) is 0 Å². The lowest BCUT2D eigenvalue weighted by Gasteiger charge is -2.16. The molecule has 0 bridgehead atoms. The van der Waals surface area contributed by atoms with E-state index in [0.29, 0.717) is 11.6 Å². The van der Waals surface area contributed by atoms with Crippen molar-refractivity contribution in [1.82, 2.24) is 9.88 Å². The smallest absolute Gasteiger partial charge is 0.358 e. The van der Waals surface area contributed by atoms with Gasteiger partial charge in [0.15, 0.2) is 12.3 Å².